The molecule has 0 aliphatic carbocycles. The maximum atomic E-state index is 12.8. The number of amides is 1. The van der Waals surface area contributed by atoms with E-state index in [0.717, 1.165) is 23.2 Å². The lowest BCUT2D eigenvalue weighted by molar-refractivity contribution is -0.124. The Morgan fingerprint density at radius 3 is 2.17 bits per heavy atom. The number of nitrogens with zero attached hydrogens (tertiary/aromatic N) is 1. The van der Waals surface area contributed by atoms with Crippen molar-refractivity contribution in [1.82, 2.24) is 5.32 Å². The predicted octanol–water partition coefficient (Wildman–Crippen LogP) is 6.62. The van der Waals surface area contributed by atoms with Crippen LogP contribution in [0.2, 0.25) is 0 Å². The number of unbranched alkanes of at least 4 members (excludes halogenated alkanes) is 12. The Labute approximate surface area is 215 Å². The van der Waals surface area contributed by atoms with Crippen LogP contribution >= 0.6 is 0 Å². The Bertz CT molecular complexity index is 808. The molecule has 0 fully saturated rings. The van der Waals surface area contributed by atoms with Crippen molar-refractivity contribution in [2.45, 2.75) is 123 Å². The van der Waals surface area contributed by atoms with Crippen LogP contribution in [0, 0.1) is 17.8 Å². The molecule has 0 aromatic heterocycles. The average Bonchev–Trinajstić information content (AvgIpc) is 2.83. The quantitative estimate of drug-likeness (QED) is 0.231. The van der Waals surface area contributed by atoms with Crippen molar-refractivity contribution >= 4 is 11.6 Å². The summed E-state index contributed by atoms with van der Waals surface area (Å²) >= 11 is 0. The molecule has 196 valence electrons. The first-order valence-electron chi connectivity index (χ1n) is 14.2. The second-order valence-electron chi connectivity index (χ2n) is 10.7. The maximum Gasteiger partial charge on any atom is 0.243 e. The van der Waals surface area contributed by atoms with Gasteiger partial charge in [-0.1, -0.05) is 109 Å². The molecule has 2 atom stereocenters. The van der Waals surface area contributed by atoms with Crippen molar-refractivity contribution < 1.29 is 9.90 Å². The fraction of sp³-hybridized carbons (Fsp3) is 0.710. The zero-order valence-corrected chi connectivity index (χ0v) is 22.9. The summed E-state index contributed by atoms with van der Waals surface area (Å²) in [6.07, 6.45) is 17.9. The van der Waals surface area contributed by atoms with Crippen LogP contribution in [0.4, 0.5) is 5.69 Å². The third kappa shape index (κ3) is 10.3. The summed E-state index contributed by atoms with van der Waals surface area (Å²) in [6.45, 7) is 6.35. The molecule has 2 rings (SSSR count). The first-order chi connectivity index (χ1) is 17.0. The fourth-order valence-corrected chi connectivity index (χ4v) is 5.15. The van der Waals surface area contributed by atoms with E-state index in [4.69, 9.17) is 0 Å². The molecule has 4 nitrogen and oxygen atoms in total. The zero-order valence-electron chi connectivity index (χ0n) is 22.9. The minimum Gasteiger partial charge on any atom is -0.394 e. The van der Waals surface area contributed by atoms with Crippen molar-refractivity contribution in [2.75, 3.05) is 18.6 Å². The van der Waals surface area contributed by atoms with Crippen molar-refractivity contribution in [1.29, 1.82) is 0 Å². The lowest BCUT2D eigenvalue weighted by Gasteiger charge is -2.37. The van der Waals surface area contributed by atoms with Gasteiger partial charge in [-0.05, 0) is 36.5 Å². The molecule has 1 aliphatic rings. The topological polar surface area (TPSA) is 52.6 Å². The Balaban J connectivity index is 1.79. The number of anilines is 1. The summed E-state index contributed by atoms with van der Waals surface area (Å²) in [5.74, 6) is 6.85. The number of carbonyl (C=O) groups excluding carboxylic acids is 1. The van der Waals surface area contributed by atoms with E-state index in [0.29, 0.717) is 6.42 Å². The predicted molar refractivity (Wildman–Crippen MR) is 149 cm³/mol. The van der Waals surface area contributed by atoms with Crippen LogP contribution in [-0.4, -0.2) is 36.8 Å². The Kier molecular flexibility index (Phi) is 13.9. The number of nitrogens with one attached hydrogen (secondary N) is 1. The van der Waals surface area contributed by atoms with Gasteiger partial charge < -0.3 is 15.3 Å². The fourth-order valence-electron chi connectivity index (χ4n) is 5.15. The van der Waals surface area contributed by atoms with Gasteiger partial charge in [-0.2, -0.15) is 0 Å². The molecule has 35 heavy (non-hydrogen) atoms. The molecule has 2 N–H and O–H groups in total. The maximum absolute atomic E-state index is 12.8. The van der Waals surface area contributed by atoms with Gasteiger partial charge in [-0.3, -0.25) is 4.79 Å². The van der Waals surface area contributed by atoms with E-state index in [1.807, 2.05) is 7.05 Å². The van der Waals surface area contributed by atoms with Gasteiger partial charge in [0, 0.05) is 24.7 Å². The van der Waals surface area contributed by atoms with Crippen molar-refractivity contribution in [3.05, 3.63) is 29.3 Å². The number of carbonyl (C=O) groups is 1. The van der Waals surface area contributed by atoms with Crippen LogP contribution in [0.5, 0.6) is 0 Å². The minimum absolute atomic E-state index is 0.0179. The summed E-state index contributed by atoms with van der Waals surface area (Å²) in [5.41, 5.74) is 3.19. The lowest BCUT2D eigenvalue weighted by Crippen LogP contribution is -2.54. The molecular formula is C31H50N2O2. The molecule has 1 aromatic rings. The summed E-state index contributed by atoms with van der Waals surface area (Å²) in [4.78, 5) is 14.9. The third-order valence-electron chi connectivity index (χ3n) is 7.20. The number of aliphatic hydroxyl groups is 1. The van der Waals surface area contributed by atoms with Gasteiger partial charge >= 0.3 is 0 Å². The number of hydrogen-bond acceptors (Lipinski definition) is 3. The van der Waals surface area contributed by atoms with Gasteiger partial charge in [0.1, 0.15) is 6.04 Å². The molecule has 0 unspecified atom stereocenters. The molecular weight excluding hydrogens is 432 g/mol. The average molecular weight is 483 g/mol. The van der Waals surface area contributed by atoms with Gasteiger partial charge in [0.2, 0.25) is 5.91 Å². The summed E-state index contributed by atoms with van der Waals surface area (Å²) in [5, 5.41) is 12.7. The van der Waals surface area contributed by atoms with Gasteiger partial charge in [0.05, 0.1) is 12.6 Å². The molecule has 1 aliphatic heterocycles. The number of likely N-dealkylation sites (N-methyl/N-ethyl adjacent to an activating group) is 1. The van der Waals surface area contributed by atoms with Crippen LogP contribution < -0.4 is 10.2 Å². The molecule has 0 saturated carbocycles. The van der Waals surface area contributed by atoms with E-state index in [1.165, 1.54) is 77.0 Å². The molecule has 1 amide bonds. The number of fused-ring (bicyclic) bond motifs is 1. The van der Waals surface area contributed by atoms with Gasteiger partial charge in [-0.15, -0.1) is 0 Å². The van der Waals surface area contributed by atoms with Crippen molar-refractivity contribution in [2.24, 2.45) is 5.92 Å². The first-order valence-corrected chi connectivity index (χ1v) is 14.2. The van der Waals surface area contributed by atoms with Gasteiger partial charge in [0.15, 0.2) is 0 Å². The highest BCUT2D eigenvalue weighted by atomic mass is 16.3. The van der Waals surface area contributed by atoms with Crippen LogP contribution in [-0.2, 0) is 11.2 Å². The molecule has 0 radical (unpaired) electrons. The number of rotatable bonds is 14. The highest BCUT2D eigenvalue weighted by molar-refractivity contribution is 5.86. The zero-order chi connectivity index (χ0) is 25.5. The largest absolute Gasteiger partial charge is 0.394 e. The van der Waals surface area contributed by atoms with E-state index < -0.39 is 0 Å². The minimum atomic E-state index is -0.271. The Morgan fingerprint density at radius 1 is 1.00 bits per heavy atom. The SMILES string of the molecule is CCCCCCCCCCCCCCC#Cc1ccc2c(c1)N(C)[C@@H](C(C)C)C(=O)N[C@H](CO)C2. The van der Waals surface area contributed by atoms with E-state index in [2.05, 4.69) is 61.0 Å². The second kappa shape index (κ2) is 16.6. The highest BCUT2D eigenvalue weighted by Gasteiger charge is 2.32. The molecule has 1 heterocycles. The Morgan fingerprint density at radius 2 is 1.60 bits per heavy atom. The molecule has 0 saturated heterocycles. The summed E-state index contributed by atoms with van der Waals surface area (Å²) in [6, 6.07) is 5.78. The number of benzene rings is 1. The van der Waals surface area contributed by atoms with E-state index >= 15 is 0 Å². The summed E-state index contributed by atoms with van der Waals surface area (Å²) in [7, 11) is 1.99. The monoisotopic (exact) mass is 482 g/mol. The van der Waals surface area contributed by atoms with Crippen molar-refractivity contribution in [3.63, 3.8) is 0 Å². The molecule has 4 heteroatoms. The lowest BCUT2D eigenvalue weighted by atomic mass is 9.94. The van der Waals surface area contributed by atoms with Gasteiger partial charge in [0.25, 0.3) is 0 Å². The number of hydrogen-bond donors (Lipinski definition) is 2. The van der Waals surface area contributed by atoms with Crippen LogP contribution in [0.1, 0.15) is 115 Å². The summed E-state index contributed by atoms with van der Waals surface area (Å²) < 4.78 is 0. The first kappa shape index (κ1) is 29.2. The van der Waals surface area contributed by atoms with Gasteiger partial charge in [-0.25, -0.2) is 0 Å². The number of aliphatic hydroxyl groups excluding tert-OH is 1. The standard InChI is InChI=1S/C31H50N2O2/c1-5-6-7-8-9-10-11-12-13-14-15-16-17-18-19-26-20-21-27-23-28(24-34)32-31(35)30(25(2)3)33(4)29(27)22-26/h20-22,25,28,30,34H,5-17,23-24H2,1-4H3,(H,32,35)/t28-,30-/m0/s1. The van der Waals surface area contributed by atoms with E-state index in [9.17, 15) is 9.90 Å². The molecule has 0 spiro atoms. The molecule has 1 aromatic carbocycles. The van der Waals surface area contributed by atoms with E-state index in [-0.39, 0.29) is 30.5 Å². The third-order valence-corrected chi connectivity index (χ3v) is 7.20. The van der Waals surface area contributed by atoms with E-state index in [1.54, 1.807) is 0 Å². The van der Waals surface area contributed by atoms with Crippen molar-refractivity contribution in [3.8, 4) is 11.8 Å². The Hall–Kier alpha value is -1.99. The highest BCUT2D eigenvalue weighted by Crippen LogP contribution is 2.28. The normalized spacial score (nSPS) is 17.9. The van der Waals surface area contributed by atoms with Crippen LogP contribution in [0.15, 0.2) is 18.2 Å². The molecule has 0 bridgehead atoms. The van der Waals surface area contributed by atoms with Crippen LogP contribution in [0.25, 0.3) is 0 Å². The second-order valence-corrected chi connectivity index (χ2v) is 10.7. The smallest absolute Gasteiger partial charge is 0.243 e. The van der Waals surface area contributed by atoms with Crippen LogP contribution in [0.3, 0.4) is 0 Å².